The van der Waals surface area contributed by atoms with E-state index in [0.29, 0.717) is 36.1 Å². The molecule has 0 unspecified atom stereocenters. The number of hydrogen-bond donors (Lipinski definition) is 2. The highest BCUT2D eigenvalue weighted by atomic mass is 16.5. The third-order valence-electron chi connectivity index (χ3n) is 2.87. The average molecular weight is 280 g/mol. The molecule has 6 heteroatoms. The van der Waals surface area contributed by atoms with E-state index in [2.05, 4.69) is 12.2 Å². The van der Waals surface area contributed by atoms with Gasteiger partial charge in [-0.05, 0) is 6.42 Å². The van der Waals surface area contributed by atoms with Gasteiger partial charge in [-0.2, -0.15) is 0 Å². The summed E-state index contributed by atoms with van der Waals surface area (Å²) in [7, 11) is 0. The lowest BCUT2D eigenvalue weighted by atomic mass is 10.2. The molecule has 0 bridgehead atoms. The van der Waals surface area contributed by atoms with Crippen LogP contribution in [0.1, 0.15) is 19.8 Å². The van der Waals surface area contributed by atoms with E-state index >= 15 is 0 Å². The number of nitrogens with two attached hydrogens (primary N) is 1. The number of carbonyl (C=O) groups excluding carboxylic acids is 1. The summed E-state index contributed by atoms with van der Waals surface area (Å²) in [5.41, 5.74) is 6.94. The molecular formula is C14H20N2O4. The first-order valence-corrected chi connectivity index (χ1v) is 6.77. The van der Waals surface area contributed by atoms with Crippen LogP contribution in [0.25, 0.3) is 0 Å². The predicted molar refractivity (Wildman–Crippen MR) is 76.2 cm³/mol. The molecule has 20 heavy (non-hydrogen) atoms. The minimum atomic E-state index is -0.184. The minimum absolute atomic E-state index is 0.0118. The van der Waals surface area contributed by atoms with Crippen LogP contribution in [0.15, 0.2) is 12.1 Å². The highest BCUT2D eigenvalue weighted by Gasteiger charge is 2.18. The maximum atomic E-state index is 11.3. The van der Waals surface area contributed by atoms with Crippen molar-refractivity contribution in [1.29, 1.82) is 0 Å². The maximum Gasteiger partial charge on any atom is 0.262 e. The van der Waals surface area contributed by atoms with E-state index in [9.17, 15) is 4.79 Å². The summed E-state index contributed by atoms with van der Waals surface area (Å²) in [4.78, 5) is 11.3. The van der Waals surface area contributed by atoms with Crippen LogP contribution in [0.2, 0.25) is 0 Å². The Morgan fingerprint density at radius 1 is 1.35 bits per heavy atom. The number of unbranched alkanes of at least 4 members (excludes halogenated alkanes) is 1. The monoisotopic (exact) mass is 280 g/mol. The van der Waals surface area contributed by atoms with E-state index in [0.717, 1.165) is 19.4 Å². The fraction of sp³-hybridized carbons (Fsp3) is 0.500. The lowest BCUT2D eigenvalue weighted by Gasteiger charge is -2.20. The molecular weight excluding hydrogens is 260 g/mol. The molecule has 0 saturated carbocycles. The van der Waals surface area contributed by atoms with Crippen LogP contribution >= 0.6 is 0 Å². The first-order chi connectivity index (χ1) is 9.70. The van der Waals surface area contributed by atoms with Gasteiger partial charge in [0.2, 0.25) is 0 Å². The molecule has 0 spiro atoms. The largest absolute Gasteiger partial charge is 0.489 e. The molecule has 3 N–H and O–H groups in total. The summed E-state index contributed by atoms with van der Waals surface area (Å²) in [5, 5.41) is 2.72. The molecule has 1 aliphatic rings. The molecule has 1 aromatic rings. The summed E-state index contributed by atoms with van der Waals surface area (Å²) < 4.78 is 16.2. The van der Waals surface area contributed by atoms with Gasteiger partial charge in [-0.15, -0.1) is 0 Å². The van der Waals surface area contributed by atoms with Crippen LogP contribution in [0, 0.1) is 0 Å². The number of ether oxygens (including phenoxy) is 3. The van der Waals surface area contributed by atoms with Gasteiger partial charge in [0.25, 0.3) is 5.91 Å². The van der Waals surface area contributed by atoms with E-state index in [1.54, 1.807) is 12.1 Å². The summed E-state index contributed by atoms with van der Waals surface area (Å²) in [6, 6.07) is 3.33. The van der Waals surface area contributed by atoms with Gasteiger partial charge in [0.05, 0.1) is 18.0 Å². The van der Waals surface area contributed by atoms with Crippen molar-refractivity contribution in [3.05, 3.63) is 12.1 Å². The smallest absolute Gasteiger partial charge is 0.262 e. The zero-order valence-corrected chi connectivity index (χ0v) is 11.6. The molecule has 0 aromatic heterocycles. The van der Waals surface area contributed by atoms with Crippen molar-refractivity contribution in [3.63, 3.8) is 0 Å². The van der Waals surface area contributed by atoms with E-state index < -0.39 is 0 Å². The standard InChI is InChI=1S/C14H20N2O4/c1-2-3-4-18-5-6-19-12-8-11-13(7-10(12)15)20-9-14(17)16-11/h7-8H,2-6,9,15H2,1H3,(H,16,17). The molecule has 0 radical (unpaired) electrons. The molecule has 0 fully saturated rings. The Bertz CT molecular complexity index is 476. The SMILES string of the molecule is CCCCOCCOc1cc2c(cc1N)OCC(=O)N2. The summed E-state index contributed by atoms with van der Waals surface area (Å²) >= 11 is 0. The van der Waals surface area contributed by atoms with E-state index in [1.165, 1.54) is 0 Å². The zero-order valence-electron chi connectivity index (χ0n) is 11.6. The van der Waals surface area contributed by atoms with Gasteiger partial charge in [0, 0.05) is 18.7 Å². The second kappa shape index (κ2) is 7.00. The zero-order chi connectivity index (χ0) is 14.4. The van der Waals surface area contributed by atoms with Crippen LogP contribution in [0.5, 0.6) is 11.5 Å². The third kappa shape index (κ3) is 3.77. The van der Waals surface area contributed by atoms with Crippen molar-refractivity contribution >= 4 is 17.3 Å². The number of rotatable bonds is 7. The van der Waals surface area contributed by atoms with Gasteiger partial charge in [-0.25, -0.2) is 0 Å². The Morgan fingerprint density at radius 3 is 3.00 bits per heavy atom. The van der Waals surface area contributed by atoms with Gasteiger partial charge in [-0.3, -0.25) is 4.79 Å². The van der Waals surface area contributed by atoms with Crippen LogP contribution in [0.4, 0.5) is 11.4 Å². The number of anilines is 2. The van der Waals surface area contributed by atoms with Crippen LogP contribution < -0.4 is 20.5 Å². The number of nitrogens with one attached hydrogen (secondary N) is 1. The highest BCUT2D eigenvalue weighted by molar-refractivity contribution is 5.96. The number of amides is 1. The Hall–Kier alpha value is -1.95. The Morgan fingerprint density at radius 2 is 2.20 bits per heavy atom. The van der Waals surface area contributed by atoms with Gasteiger partial charge >= 0.3 is 0 Å². The lowest BCUT2D eigenvalue weighted by molar-refractivity contribution is -0.118. The molecule has 1 aliphatic heterocycles. The van der Waals surface area contributed by atoms with Gasteiger partial charge in [-0.1, -0.05) is 13.3 Å². The quantitative estimate of drug-likeness (QED) is 0.588. The second-order valence-corrected chi connectivity index (χ2v) is 4.54. The number of carbonyl (C=O) groups is 1. The fourth-order valence-electron chi connectivity index (χ4n) is 1.81. The number of hydrogen-bond acceptors (Lipinski definition) is 5. The van der Waals surface area contributed by atoms with Crippen LogP contribution in [0.3, 0.4) is 0 Å². The van der Waals surface area contributed by atoms with E-state index in [4.69, 9.17) is 19.9 Å². The normalized spacial score (nSPS) is 13.3. The van der Waals surface area contributed by atoms with Crippen molar-refractivity contribution in [2.24, 2.45) is 0 Å². The van der Waals surface area contributed by atoms with Crippen molar-refractivity contribution < 1.29 is 19.0 Å². The molecule has 6 nitrogen and oxygen atoms in total. The van der Waals surface area contributed by atoms with Crippen molar-refractivity contribution in [3.8, 4) is 11.5 Å². The molecule has 1 aromatic carbocycles. The third-order valence-corrected chi connectivity index (χ3v) is 2.87. The minimum Gasteiger partial charge on any atom is -0.489 e. The molecule has 1 amide bonds. The molecule has 110 valence electrons. The number of benzene rings is 1. The lowest BCUT2D eigenvalue weighted by Crippen LogP contribution is -2.25. The Balaban J connectivity index is 1.88. The molecule has 0 aliphatic carbocycles. The number of fused-ring (bicyclic) bond motifs is 1. The summed E-state index contributed by atoms with van der Waals surface area (Å²) in [6.45, 7) is 3.80. The van der Waals surface area contributed by atoms with Gasteiger partial charge < -0.3 is 25.3 Å². The van der Waals surface area contributed by atoms with Gasteiger partial charge in [0.1, 0.15) is 18.1 Å². The van der Waals surface area contributed by atoms with Gasteiger partial charge in [0.15, 0.2) is 6.61 Å². The molecule has 0 saturated heterocycles. The maximum absolute atomic E-state index is 11.3. The topological polar surface area (TPSA) is 82.8 Å². The van der Waals surface area contributed by atoms with Crippen LogP contribution in [-0.2, 0) is 9.53 Å². The van der Waals surface area contributed by atoms with E-state index in [-0.39, 0.29) is 12.5 Å². The summed E-state index contributed by atoms with van der Waals surface area (Å²) in [6.07, 6.45) is 2.16. The molecule has 0 atom stereocenters. The van der Waals surface area contributed by atoms with Crippen molar-refractivity contribution in [2.75, 3.05) is 37.5 Å². The average Bonchev–Trinajstić information content (AvgIpc) is 2.43. The molecule has 1 heterocycles. The van der Waals surface area contributed by atoms with Crippen LogP contribution in [-0.4, -0.2) is 32.3 Å². The van der Waals surface area contributed by atoms with Crippen molar-refractivity contribution in [1.82, 2.24) is 0 Å². The first kappa shape index (κ1) is 14.5. The van der Waals surface area contributed by atoms with Crippen molar-refractivity contribution in [2.45, 2.75) is 19.8 Å². The fourth-order valence-corrected chi connectivity index (χ4v) is 1.81. The molecule has 2 rings (SSSR count). The highest BCUT2D eigenvalue weighted by Crippen LogP contribution is 2.36. The Kier molecular flexibility index (Phi) is 5.06. The number of nitrogen functional groups attached to an aromatic ring is 1. The first-order valence-electron chi connectivity index (χ1n) is 6.77. The van der Waals surface area contributed by atoms with E-state index in [1.807, 2.05) is 0 Å². The summed E-state index contributed by atoms with van der Waals surface area (Å²) in [5.74, 6) is 0.901. The Labute approximate surface area is 118 Å². The second-order valence-electron chi connectivity index (χ2n) is 4.54. The predicted octanol–water partition coefficient (Wildman–Crippen LogP) is 1.80.